The molecule has 3 N–H and O–H groups in total. The molecule has 1 aromatic heterocycles. The fourth-order valence-corrected chi connectivity index (χ4v) is 5.93. The Morgan fingerprint density at radius 1 is 1.23 bits per heavy atom. The quantitative estimate of drug-likeness (QED) is 0.476. The fraction of sp³-hybridized carbons (Fsp3) is 0.435. The van der Waals surface area contributed by atoms with Gasteiger partial charge in [0.1, 0.15) is 0 Å². The van der Waals surface area contributed by atoms with Crippen LogP contribution in [0.3, 0.4) is 0 Å². The maximum absolute atomic E-state index is 13.3. The molecule has 4 amide bonds. The number of urea groups is 1. The van der Waals surface area contributed by atoms with Gasteiger partial charge >= 0.3 is 6.03 Å². The maximum Gasteiger partial charge on any atom is 0.322 e. The third-order valence-corrected chi connectivity index (χ3v) is 8.16. The summed E-state index contributed by atoms with van der Waals surface area (Å²) >= 11 is 6.26. The van der Waals surface area contributed by atoms with Gasteiger partial charge in [0.15, 0.2) is 21.2 Å². The van der Waals surface area contributed by atoms with Crippen LogP contribution in [0.25, 0.3) is 0 Å². The molecule has 12 heteroatoms. The molecule has 0 radical (unpaired) electrons. The Labute approximate surface area is 208 Å². The van der Waals surface area contributed by atoms with Crippen LogP contribution in [-0.4, -0.2) is 42.5 Å². The molecule has 186 valence electrons. The molecule has 1 aromatic carbocycles. The molecular formula is C23H26ClN5O5S. The van der Waals surface area contributed by atoms with Gasteiger partial charge in [-0.05, 0) is 37.0 Å². The molecule has 1 aliphatic carbocycles. The average molecular weight is 520 g/mol. The van der Waals surface area contributed by atoms with E-state index >= 15 is 0 Å². The van der Waals surface area contributed by atoms with Gasteiger partial charge in [0.25, 0.3) is 5.91 Å². The van der Waals surface area contributed by atoms with Crippen molar-refractivity contribution < 1.29 is 22.8 Å². The van der Waals surface area contributed by atoms with Crippen LogP contribution in [0.1, 0.15) is 56.2 Å². The van der Waals surface area contributed by atoms with E-state index in [0.29, 0.717) is 17.9 Å². The molecule has 2 aliphatic rings. The number of carbonyl (C=O) groups excluding carboxylic acids is 3. The second kappa shape index (κ2) is 9.54. The minimum Gasteiger partial charge on any atom is -0.318 e. The van der Waals surface area contributed by atoms with Crippen LogP contribution in [0.4, 0.5) is 10.6 Å². The smallest absolute Gasteiger partial charge is 0.318 e. The maximum atomic E-state index is 13.3. The van der Waals surface area contributed by atoms with E-state index in [1.807, 2.05) is 0 Å². The van der Waals surface area contributed by atoms with E-state index in [-0.39, 0.29) is 27.3 Å². The first-order valence-corrected chi connectivity index (χ1v) is 13.5. The van der Waals surface area contributed by atoms with Crippen LogP contribution >= 0.6 is 11.6 Å². The lowest BCUT2D eigenvalue weighted by Crippen LogP contribution is -2.41. The Kier molecular flexibility index (Phi) is 6.83. The van der Waals surface area contributed by atoms with Crippen molar-refractivity contribution >= 4 is 45.1 Å². The number of carbonyl (C=O) groups is 3. The molecule has 0 spiro atoms. The summed E-state index contributed by atoms with van der Waals surface area (Å²) in [6, 6.07) is 3.97. The second-order valence-corrected chi connectivity index (χ2v) is 11.6. The Hall–Kier alpha value is -3.05. The lowest BCUT2D eigenvalue weighted by Gasteiger charge is -2.22. The summed E-state index contributed by atoms with van der Waals surface area (Å²) in [4.78, 5) is 45.4. The van der Waals surface area contributed by atoms with Crippen LogP contribution in [0, 0.1) is 5.92 Å². The molecule has 4 rings (SSSR count). The highest BCUT2D eigenvalue weighted by molar-refractivity contribution is 7.90. The van der Waals surface area contributed by atoms with Gasteiger partial charge < -0.3 is 10.6 Å². The lowest BCUT2D eigenvalue weighted by atomic mass is 9.87. The van der Waals surface area contributed by atoms with Crippen LogP contribution < -0.4 is 16.0 Å². The number of sulfone groups is 1. The standard InChI is InChI=1S/C23H26ClN5O5S/c1-23(21(31)28-22(32)29-23)18-11-26-19(12-25-18)27-20(30)15(9-13-5-3-4-6-13)14-7-8-17(16(24)10-14)35(2,33)34/h7-8,10-13,15H,3-6,9H2,1-2H3,(H,26,27,30)(H2,28,29,31,32). The molecule has 1 aliphatic heterocycles. The van der Waals surface area contributed by atoms with Crippen molar-refractivity contribution in [3.8, 4) is 0 Å². The summed E-state index contributed by atoms with van der Waals surface area (Å²) in [5.41, 5.74) is -0.505. The highest BCUT2D eigenvalue weighted by atomic mass is 35.5. The average Bonchev–Trinajstić information content (AvgIpc) is 3.39. The van der Waals surface area contributed by atoms with Crippen molar-refractivity contribution in [3.63, 3.8) is 0 Å². The number of hydrogen-bond acceptors (Lipinski definition) is 7. The van der Waals surface area contributed by atoms with E-state index in [0.717, 1.165) is 31.9 Å². The minimum atomic E-state index is -3.50. The van der Waals surface area contributed by atoms with Gasteiger partial charge in [0.2, 0.25) is 5.91 Å². The van der Waals surface area contributed by atoms with Gasteiger partial charge in [-0.25, -0.2) is 18.2 Å². The number of rotatable bonds is 7. The van der Waals surface area contributed by atoms with Crippen LogP contribution in [-0.2, 0) is 25.0 Å². The van der Waals surface area contributed by atoms with Gasteiger partial charge in [-0.3, -0.25) is 19.9 Å². The zero-order valence-electron chi connectivity index (χ0n) is 19.3. The first kappa shape index (κ1) is 25.1. The summed E-state index contributed by atoms with van der Waals surface area (Å²) in [5.74, 6) is -0.873. The first-order chi connectivity index (χ1) is 16.5. The van der Waals surface area contributed by atoms with Crippen molar-refractivity contribution in [1.29, 1.82) is 0 Å². The molecule has 2 atom stereocenters. The highest BCUT2D eigenvalue weighted by Gasteiger charge is 2.45. The molecular weight excluding hydrogens is 494 g/mol. The Morgan fingerprint density at radius 3 is 2.49 bits per heavy atom. The van der Waals surface area contributed by atoms with E-state index in [9.17, 15) is 22.8 Å². The largest absolute Gasteiger partial charge is 0.322 e. The Morgan fingerprint density at radius 2 is 1.94 bits per heavy atom. The summed E-state index contributed by atoms with van der Waals surface area (Å²) in [6.45, 7) is 1.51. The van der Waals surface area contributed by atoms with Crippen LogP contribution in [0.5, 0.6) is 0 Å². The number of amides is 4. The first-order valence-electron chi connectivity index (χ1n) is 11.2. The van der Waals surface area contributed by atoms with Crippen molar-refractivity contribution in [2.24, 2.45) is 5.92 Å². The summed E-state index contributed by atoms with van der Waals surface area (Å²) in [5, 5.41) is 7.52. The summed E-state index contributed by atoms with van der Waals surface area (Å²) in [6.07, 6.45) is 8.61. The van der Waals surface area contributed by atoms with Gasteiger partial charge in [0.05, 0.1) is 33.9 Å². The van der Waals surface area contributed by atoms with E-state index in [1.54, 1.807) is 6.07 Å². The van der Waals surface area contributed by atoms with Crippen LogP contribution in [0.2, 0.25) is 5.02 Å². The number of hydrogen-bond donors (Lipinski definition) is 3. The number of nitrogens with zero attached hydrogens (tertiary/aromatic N) is 2. The summed E-state index contributed by atoms with van der Waals surface area (Å²) < 4.78 is 23.9. The zero-order valence-corrected chi connectivity index (χ0v) is 20.9. The molecule has 2 heterocycles. The van der Waals surface area contributed by atoms with Crippen molar-refractivity contribution in [2.75, 3.05) is 11.6 Å². The SMILES string of the molecule is CC1(c2cnc(NC(=O)C(CC3CCCC3)c3ccc(S(C)(=O)=O)c(Cl)c3)cn2)NC(=O)NC1=O. The molecule has 0 bridgehead atoms. The Bertz CT molecular complexity index is 1280. The van der Waals surface area contributed by atoms with E-state index in [4.69, 9.17) is 11.6 Å². The van der Waals surface area contributed by atoms with Crippen molar-refractivity contribution in [3.05, 3.63) is 46.9 Å². The third kappa shape index (κ3) is 5.30. The number of anilines is 1. The van der Waals surface area contributed by atoms with E-state index in [2.05, 4.69) is 25.9 Å². The molecule has 10 nitrogen and oxygen atoms in total. The van der Waals surface area contributed by atoms with Crippen molar-refractivity contribution in [1.82, 2.24) is 20.6 Å². The van der Waals surface area contributed by atoms with E-state index < -0.39 is 33.2 Å². The van der Waals surface area contributed by atoms with Gasteiger partial charge in [0, 0.05) is 6.26 Å². The van der Waals surface area contributed by atoms with Crippen molar-refractivity contribution in [2.45, 2.75) is 55.4 Å². The van der Waals surface area contributed by atoms with Gasteiger partial charge in [-0.1, -0.05) is 43.4 Å². The van der Waals surface area contributed by atoms with Gasteiger partial charge in [-0.2, -0.15) is 0 Å². The predicted molar refractivity (Wildman–Crippen MR) is 129 cm³/mol. The number of benzene rings is 1. The van der Waals surface area contributed by atoms with Crippen LogP contribution in [0.15, 0.2) is 35.5 Å². The molecule has 1 saturated carbocycles. The second-order valence-electron chi connectivity index (χ2n) is 9.21. The summed E-state index contributed by atoms with van der Waals surface area (Å²) in [7, 11) is -3.50. The molecule has 35 heavy (non-hydrogen) atoms. The minimum absolute atomic E-state index is 0.0148. The highest BCUT2D eigenvalue weighted by Crippen LogP contribution is 2.36. The molecule has 2 aromatic rings. The Balaban J connectivity index is 1.56. The zero-order chi connectivity index (χ0) is 25.4. The number of aromatic nitrogens is 2. The number of halogens is 1. The molecule has 2 fully saturated rings. The number of imide groups is 1. The lowest BCUT2D eigenvalue weighted by molar-refractivity contribution is -0.123. The predicted octanol–water partition coefficient (Wildman–Crippen LogP) is 2.89. The fourth-order valence-electron chi connectivity index (χ4n) is 4.60. The monoisotopic (exact) mass is 519 g/mol. The topological polar surface area (TPSA) is 147 Å². The normalized spacial score (nSPS) is 21.5. The third-order valence-electron chi connectivity index (χ3n) is 6.58. The molecule has 1 saturated heterocycles. The molecule has 2 unspecified atom stereocenters. The van der Waals surface area contributed by atoms with E-state index in [1.165, 1.54) is 31.5 Å². The number of nitrogens with one attached hydrogen (secondary N) is 3. The van der Waals surface area contributed by atoms with Gasteiger partial charge in [-0.15, -0.1) is 0 Å².